The number of carbonyl (C=O) groups is 4. The van der Waals surface area contributed by atoms with E-state index in [1.54, 1.807) is 30.3 Å². The number of amides is 3. The molecule has 2 saturated carbocycles. The zero-order valence-corrected chi connectivity index (χ0v) is 23.1. The highest BCUT2D eigenvalue weighted by molar-refractivity contribution is 9.12. The maximum atomic E-state index is 13.8. The molecular formula is C25H20Br2Cl2N2O4. The normalized spacial score (nSPS) is 29.9. The Balaban J connectivity index is 1.57. The van der Waals surface area contributed by atoms with Crippen LogP contribution in [-0.2, 0) is 9.59 Å². The van der Waals surface area contributed by atoms with E-state index in [0.717, 1.165) is 16.4 Å². The second-order valence-corrected chi connectivity index (χ2v) is 12.1. The number of Topliss-reactive ketones (excluding diaryl/α,β-unsaturated/α-hetero) is 1. The topological polar surface area (TPSA) is 74.8 Å². The Labute approximate surface area is 229 Å². The molecule has 3 aliphatic rings. The van der Waals surface area contributed by atoms with Gasteiger partial charge in [0.15, 0.2) is 5.78 Å². The summed E-state index contributed by atoms with van der Waals surface area (Å²) in [6, 6.07) is 11.6. The zero-order valence-electron chi connectivity index (χ0n) is 18.4. The third-order valence-corrected chi connectivity index (χ3v) is 11.3. The summed E-state index contributed by atoms with van der Waals surface area (Å²) in [5.41, 5.74) is 0.483. The van der Waals surface area contributed by atoms with E-state index in [-0.39, 0.29) is 37.1 Å². The quantitative estimate of drug-likeness (QED) is 0.249. The highest BCUT2D eigenvalue weighted by Gasteiger charge is 2.68. The number of alkyl halides is 2. The molecule has 5 rings (SSSR count). The summed E-state index contributed by atoms with van der Waals surface area (Å²) in [4.78, 5) is 54.7. The molecule has 2 aromatic carbocycles. The number of imide groups is 1. The molecule has 0 unspecified atom stereocenters. The largest absolute Gasteiger partial charge is 0.292 e. The number of nitrogens with zero attached hydrogens (tertiary/aromatic N) is 2. The van der Waals surface area contributed by atoms with Crippen LogP contribution in [0, 0.1) is 23.7 Å². The third kappa shape index (κ3) is 3.88. The smallest absolute Gasteiger partial charge is 0.273 e. The van der Waals surface area contributed by atoms with Crippen molar-refractivity contribution in [1.29, 1.82) is 0 Å². The van der Waals surface area contributed by atoms with Crippen LogP contribution in [0.1, 0.15) is 34.1 Å². The molecule has 0 spiro atoms. The number of fused-ring (bicyclic) bond motifs is 5. The van der Waals surface area contributed by atoms with Crippen LogP contribution in [0.3, 0.4) is 0 Å². The predicted octanol–water partition coefficient (Wildman–Crippen LogP) is 5.40. The number of hydrogen-bond acceptors (Lipinski definition) is 4. The Hall–Kier alpha value is -1.74. The van der Waals surface area contributed by atoms with Crippen molar-refractivity contribution < 1.29 is 19.2 Å². The van der Waals surface area contributed by atoms with E-state index in [2.05, 4.69) is 31.9 Å². The summed E-state index contributed by atoms with van der Waals surface area (Å²) in [5.74, 6) is -3.09. The second kappa shape index (κ2) is 9.29. The van der Waals surface area contributed by atoms with Gasteiger partial charge in [0.1, 0.15) is 6.04 Å². The first kappa shape index (κ1) is 24.9. The molecule has 1 saturated heterocycles. The van der Waals surface area contributed by atoms with E-state index in [1.807, 2.05) is 0 Å². The lowest BCUT2D eigenvalue weighted by atomic mass is 9.81. The molecule has 2 bridgehead atoms. The first-order chi connectivity index (χ1) is 16.6. The van der Waals surface area contributed by atoms with Crippen molar-refractivity contribution in [1.82, 2.24) is 10.0 Å². The zero-order chi connectivity index (χ0) is 25.2. The molecule has 0 aromatic heterocycles. The lowest BCUT2D eigenvalue weighted by Crippen LogP contribution is -2.57. The van der Waals surface area contributed by atoms with Gasteiger partial charge in [0.2, 0.25) is 0 Å². The Morgan fingerprint density at radius 1 is 0.914 bits per heavy atom. The van der Waals surface area contributed by atoms with Crippen LogP contribution >= 0.6 is 55.1 Å². The van der Waals surface area contributed by atoms with Crippen molar-refractivity contribution in [2.75, 3.05) is 0 Å². The van der Waals surface area contributed by atoms with Crippen LogP contribution in [0.2, 0.25) is 10.0 Å². The van der Waals surface area contributed by atoms with E-state index >= 15 is 0 Å². The van der Waals surface area contributed by atoms with Crippen LogP contribution in [-0.4, -0.2) is 49.2 Å². The number of hydrazine groups is 1. The van der Waals surface area contributed by atoms with Crippen LogP contribution in [0.25, 0.3) is 0 Å². The van der Waals surface area contributed by atoms with Crippen LogP contribution in [0.4, 0.5) is 0 Å². The van der Waals surface area contributed by atoms with Crippen molar-refractivity contribution in [3.8, 4) is 0 Å². The molecule has 1 aliphatic heterocycles. The van der Waals surface area contributed by atoms with Crippen LogP contribution in [0.15, 0.2) is 48.5 Å². The third-order valence-electron chi connectivity index (χ3n) is 7.36. The summed E-state index contributed by atoms with van der Waals surface area (Å²) in [6.07, 6.45) is 0.756. The van der Waals surface area contributed by atoms with E-state index < -0.39 is 41.4 Å². The maximum Gasteiger partial charge on any atom is 0.273 e. The Morgan fingerprint density at radius 2 is 1.49 bits per heavy atom. The second-order valence-electron chi connectivity index (χ2n) is 9.18. The molecule has 2 aromatic rings. The van der Waals surface area contributed by atoms with Gasteiger partial charge in [0, 0.05) is 20.8 Å². The fourth-order valence-corrected chi connectivity index (χ4v) is 7.87. The predicted molar refractivity (Wildman–Crippen MR) is 139 cm³/mol. The van der Waals surface area contributed by atoms with Gasteiger partial charge in [-0.1, -0.05) is 85.4 Å². The molecule has 182 valence electrons. The molecule has 7 atom stereocenters. The van der Waals surface area contributed by atoms with Crippen molar-refractivity contribution in [3.05, 3.63) is 69.7 Å². The summed E-state index contributed by atoms with van der Waals surface area (Å²) in [5, 5.41) is 2.33. The number of ketones is 1. The van der Waals surface area contributed by atoms with E-state index in [9.17, 15) is 19.2 Å². The number of hydrogen-bond donors (Lipinski definition) is 0. The first-order valence-electron chi connectivity index (χ1n) is 11.2. The average Bonchev–Trinajstić information content (AvgIpc) is 3.46. The average molecular weight is 643 g/mol. The first-order valence-corrected chi connectivity index (χ1v) is 13.8. The van der Waals surface area contributed by atoms with Gasteiger partial charge in [-0.05, 0) is 43.4 Å². The molecule has 35 heavy (non-hydrogen) atoms. The van der Waals surface area contributed by atoms with Gasteiger partial charge in [0.05, 0.1) is 21.9 Å². The molecular weight excluding hydrogens is 623 g/mol. The lowest BCUT2D eigenvalue weighted by molar-refractivity contribution is -0.157. The molecule has 1 heterocycles. The van der Waals surface area contributed by atoms with Crippen LogP contribution < -0.4 is 0 Å². The number of halogens is 4. The van der Waals surface area contributed by atoms with Crippen molar-refractivity contribution in [3.63, 3.8) is 0 Å². The van der Waals surface area contributed by atoms with Gasteiger partial charge in [0.25, 0.3) is 17.7 Å². The molecule has 0 radical (unpaired) electrons. The number of carbonyl (C=O) groups excluding carboxylic acids is 4. The van der Waals surface area contributed by atoms with Gasteiger partial charge in [-0.25, -0.2) is 5.01 Å². The molecule has 0 N–H and O–H groups in total. The maximum absolute atomic E-state index is 13.8. The fourth-order valence-electron chi connectivity index (χ4n) is 5.70. The molecule has 3 amide bonds. The molecule has 6 nitrogen and oxygen atoms in total. The highest BCUT2D eigenvalue weighted by Crippen LogP contribution is 2.60. The summed E-state index contributed by atoms with van der Waals surface area (Å²) in [6.45, 7) is 1.52. The van der Waals surface area contributed by atoms with Gasteiger partial charge in [-0.3, -0.25) is 19.2 Å². The Morgan fingerprint density at radius 3 is 2.03 bits per heavy atom. The minimum Gasteiger partial charge on any atom is -0.292 e. The summed E-state index contributed by atoms with van der Waals surface area (Å²) in [7, 11) is 0. The lowest BCUT2D eigenvalue weighted by Gasteiger charge is -2.35. The summed E-state index contributed by atoms with van der Waals surface area (Å²) < 4.78 is 0. The van der Waals surface area contributed by atoms with Crippen molar-refractivity contribution >= 4 is 78.6 Å². The number of rotatable bonds is 5. The SMILES string of the molecule is C[C@H](C(=O)c1ccccc1)N(C(=O)c1ccc(Cl)c(Cl)c1)N1C(=O)[C@@H]2[C@H]3C[C@@H]([C@@H](Br)[C@H]3Br)[C@H]2C1=O. The Bertz CT molecular complexity index is 1210. The molecule has 2 aliphatic carbocycles. The molecule has 10 heteroatoms. The highest BCUT2D eigenvalue weighted by atomic mass is 79.9. The van der Waals surface area contributed by atoms with E-state index in [0.29, 0.717) is 5.56 Å². The minimum absolute atomic E-state index is 0.0297. The minimum atomic E-state index is -1.12. The van der Waals surface area contributed by atoms with Crippen molar-refractivity contribution in [2.24, 2.45) is 23.7 Å². The van der Waals surface area contributed by atoms with Gasteiger partial charge >= 0.3 is 0 Å². The van der Waals surface area contributed by atoms with E-state index in [4.69, 9.17) is 23.2 Å². The van der Waals surface area contributed by atoms with Crippen molar-refractivity contribution in [2.45, 2.75) is 29.0 Å². The number of benzene rings is 2. The van der Waals surface area contributed by atoms with Gasteiger partial charge < -0.3 is 0 Å². The standard InChI is InChI=1S/C25H20Br2Cl2N2O4/c1-11(22(32)12-5-3-2-4-6-12)30(23(33)13-7-8-16(28)17(29)9-13)31-24(34)18-14-10-15(19(18)25(31)35)21(27)20(14)26/h2-9,11,14-15,18-21H,10H2,1H3/t11-,14-,15-,18-,19-,20-,21+/m1/s1. The fraction of sp³-hybridized carbons (Fsp3) is 0.360. The van der Waals surface area contributed by atoms with Gasteiger partial charge in [-0.2, -0.15) is 5.01 Å². The Kier molecular flexibility index (Phi) is 6.62. The van der Waals surface area contributed by atoms with E-state index in [1.165, 1.54) is 25.1 Å². The monoisotopic (exact) mass is 640 g/mol. The van der Waals surface area contributed by atoms with Crippen LogP contribution in [0.5, 0.6) is 0 Å². The van der Waals surface area contributed by atoms with Gasteiger partial charge in [-0.15, -0.1) is 0 Å². The molecule has 3 fully saturated rings. The summed E-state index contributed by atoms with van der Waals surface area (Å²) >= 11 is 19.5.